The van der Waals surface area contributed by atoms with Crippen LogP contribution in [-0.2, 0) is 0 Å². The molecule has 0 unspecified atom stereocenters. The molecule has 1 aromatic carbocycles. The van der Waals surface area contributed by atoms with Crippen LogP contribution in [0.3, 0.4) is 0 Å². The number of allylic oxidation sites excluding steroid dienone is 1. The first-order chi connectivity index (χ1) is 9.73. The van der Waals surface area contributed by atoms with Crippen LogP contribution in [0, 0.1) is 22.7 Å². The van der Waals surface area contributed by atoms with Gasteiger partial charge in [0.15, 0.2) is 0 Å². The molecular formula is C15H15N3O2. The van der Waals surface area contributed by atoms with Crippen LogP contribution < -0.4 is 14.4 Å². The predicted octanol–water partition coefficient (Wildman–Crippen LogP) is 2.26. The van der Waals surface area contributed by atoms with Crippen molar-refractivity contribution in [3.63, 3.8) is 0 Å². The Morgan fingerprint density at radius 2 is 1.95 bits per heavy atom. The minimum atomic E-state index is 0.217. The second kappa shape index (κ2) is 5.99. The van der Waals surface area contributed by atoms with E-state index in [1.54, 1.807) is 14.2 Å². The number of anilines is 1. The van der Waals surface area contributed by atoms with Gasteiger partial charge in [-0.1, -0.05) is 0 Å². The third-order valence-corrected chi connectivity index (χ3v) is 3.37. The van der Waals surface area contributed by atoms with Crippen molar-refractivity contribution < 1.29 is 9.47 Å². The third-order valence-electron chi connectivity index (χ3n) is 3.37. The van der Waals surface area contributed by atoms with E-state index in [2.05, 4.69) is 4.90 Å². The SMILES string of the molecule is COc1ccc(OC)c(N2CCC(=C(C#N)C#N)C2)c1. The third kappa shape index (κ3) is 2.53. The molecule has 1 heterocycles. The Balaban J connectivity index is 2.33. The van der Waals surface area contributed by atoms with E-state index < -0.39 is 0 Å². The summed E-state index contributed by atoms with van der Waals surface area (Å²) < 4.78 is 10.6. The molecule has 0 saturated carbocycles. The number of ether oxygens (including phenoxy) is 2. The smallest absolute Gasteiger partial charge is 0.142 e. The lowest BCUT2D eigenvalue weighted by Crippen LogP contribution is -2.19. The van der Waals surface area contributed by atoms with Crippen molar-refractivity contribution in [1.29, 1.82) is 10.5 Å². The lowest BCUT2D eigenvalue weighted by molar-refractivity contribution is 0.403. The number of hydrogen-bond donors (Lipinski definition) is 0. The second-order valence-electron chi connectivity index (χ2n) is 4.41. The predicted molar refractivity (Wildman–Crippen MR) is 74.6 cm³/mol. The summed E-state index contributed by atoms with van der Waals surface area (Å²) in [5, 5.41) is 17.9. The van der Waals surface area contributed by atoms with E-state index in [0.29, 0.717) is 6.54 Å². The number of nitriles is 2. The number of benzene rings is 1. The van der Waals surface area contributed by atoms with Crippen molar-refractivity contribution in [2.75, 3.05) is 32.2 Å². The van der Waals surface area contributed by atoms with Crippen LogP contribution in [0.1, 0.15) is 6.42 Å². The van der Waals surface area contributed by atoms with E-state index in [4.69, 9.17) is 20.0 Å². The van der Waals surface area contributed by atoms with Gasteiger partial charge in [-0.15, -0.1) is 0 Å². The van der Waals surface area contributed by atoms with Crippen molar-refractivity contribution in [2.45, 2.75) is 6.42 Å². The summed E-state index contributed by atoms with van der Waals surface area (Å²) in [6.07, 6.45) is 0.719. The summed E-state index contributed by atoms with van der Waals surface area (Å²) in [5.74, 6) is 1.50. The Labute approximate surface area is 118 Å². The lowest BCUT2D eigenvalue weighted by Gasteiger charge is -2.21. The van der Waals surface area contributed by atoms with Crippen molar-refractivity contribution in [2.24, 2.45) is 0 Å². The van der Waals surface area contributed by atoms with Crippen molar-refractivity contribution in [3.05, 3.63) is 29.3 Å². The Morgan fingerprint density at radius 1 is 1.20 bits per heavy atom. The second-order valence-corrected chi connectivity index (χ2v) is 4.41. The maximum atomic E-state index is 8.93. The summed E-state index contributed by atoms with van der Waals surface area (Å²) >= 11 is 0. The average molecular weight is 269 g/mol. The van der Waals surface area contributed by atoms with Gasteiger partial charge in [-0.05, 0) is 24.1 Å². The summed E-state index contributed by atoms with van der Waals surface area (Å²) in [6.45, 7) is 1.33. The standard InChI is InChI=1S/C15H15N3O2/c1-19-13-3-4-15(20-2)14(7-13)18-6-5-11(10-18)12(8-16)9-17/h3-4,7H,5-6,10H2,1-2H3. The van der Waals surface area contributed by atoms with Crippen LogP contribution in [0.2, 0.25) is 0 Å². The van der Waals surface area contributed by atoms with E-state index in [1.165, 1.54) is 0 Å². The molecule has 1 fully saturated rings. The van der Waals surface area contributed by atoms with Gasteiger partial charge in [0, 0.05) is 19.2 Å². The van der Waals surface area contributed by atoms with Gasteiger partial charge in [-0.3, -0.25) is 0 Å². The van der Waals surface area contributed by atoms with Crippen LogP contribution in [-0.4, -0.2) is 27.3 Å². The Morgan fingerprint density at radius 3 is 2.55 bits per heavy atom. The Kier molecular flexibility index (Phi) is 4.12. The maximum absolute atomic E-state index is 8.93. The average Bonchev–Trinajstić information content (AvgIpc) is 2.97. The van der Waals surface area contributed by atoms with Crippen molar-refractivity contribution >= 4 is 5.69 Å². The molecule has 2 rings (SSSR count). The van der Waals surface area contributed by atoms with Crippen LogP contribution in [0.4, 0.5) is 5.69 Å². The molecule has 0 aromatic heterocycles. The van der Waals surface area contributed by atoms with E-state index in [1.807, 2.05) is 30.3 Å². The molecule has 5 nitrogen and oxygen atoms in total. The van der Waals surface area contributed by atoms with E-state index in [0.717, 1.165) is 35.7 Å². The normalized spacial score (nSPS) is 13.6. The molecule has 1 aromatic rings. The molecule has 1 saturated heterocycles. The van der Waals surface area contributed by atoms with E-state index >= 15 is 0 Å². The van der Waals surface area contributed by atoms with Gasteiger partial charge >= 0.3 is 0 Å². The summed E-state index contributed by atoms with van der Waals surface area (Å²) in [5.41, 5.74) is 2.01. The first-order valence-electron chi connectivity index (χ1n) is 6.22. The summed E-state index contributed by atoms with van der Waals surface area (Å²) in [7, 11) is 3.23. The van der Waals surface area contributed by atoms with E-state index in [9.17, 15) is 0 Å². The zero-order chi connectivity index (χ0) is 14.5. The first-order valence-corrected chi connectivity index (χ1v) is 6.22. The van der Waals surface area contributed by atoms with Crippen molar-refractivity contribution in [3.8, 4) is 23.6 Å². The Bertz CT molecular complexity index is 607. The van der Waals surface area contributed by atoms with Gasteiger partial charge in [0.05, 0.1) is 19.9 Å². The minimum absolute atomic E-state index is 0.217. The fourth-order valence-corrected chi connectivity index (χ4v) is 2.30. The molecule has 0 radical (unpaired) electrons. The van der Waals surface area contributed by atoms with Crippen LogP contribution in [0.15, 0.2) is 29.3 Å². The van der Waals surface area contributed by atoms with Gasteiger partial charge in [0.1, 0.15) is 29.2 Å². The fraction of sp³-hybridized carbons (Fsp3) is 0.333. The number of nitrogens with zero attached hydrogens (tertiary/aromatic N) is 3. The molecule has 0 aliphatic carbocycles. The molecule has 0 spiro atoms. The molecule has 20 heavy (non-hydrogen) atoms. The van der Waals surface area contributed by atoms with Gasteiger partial charge in [0.2, 0.25) is 0 Å². The highest BCUT2D eigenvalue weighted by atomic mass is 16.5. The molecule has 102 valence electrons. The summed E-state index contributed by atoms with van der Waals surface area (Å²) in [6, 6.07) is 9.50. The van der Waals surface area contributed by atoms with E-state index in [-0.39, 0.29) is 5.57 Å². The monoisotopic (exact) mass is 269 g/mol. The zero-order valence-corrected chi connectivity index (χ0v) is 11.5. The van der Waals surface area contributed by atoms with Crippen molar-refractivity contribution in [1.82, 2.24) is 0 Å². The zero-order valence-electron chi connectivity index (χ0n) is 11.5. The fourth-order valence-electron chi connectivity index (χ4n) is 2.30. The molecular weight excluding hydrogens is 254 g/mol. The largest absolute Gasteiger partial charge is 0.497 e. The number of rotatable bonds is 3. The molecule has 0 bridgehead atoms. The molecule has 1 aliphatic rings. The number of hydrogen-bond acceptors (Lipinski definition) is 5. The quantitative estimate of drug-likeness (QED) is 0.787. The van der Waals surface area contributed by atoms with Gasteiger partial charge < -0.3 is 14.4 Å². The minimum Gasteiger partial charge on any atom is -0.497 e. The van der Waals surface area contributed by atoms with Gasteiger partial charge in [-0.2, -0.15) is 10.5 Å². The molecule has 0 N–H and O–H groups in total. The highest BCUT2D eigenvalue weighted by Crippen LogP contribution is 2.35. The van der Waals surface area contributed by atoms with Gasteiger partial charge in [0.25, 0.3) is 0 Å². The van der Waals surface area contributed by atoms with Crippen LogP contribution >= 0.6 is 0 Å². The molecule has 0 atom stereocenters. The molecule has 0 amide bonds. The first kappa shape index (κ1) is 13.8. The maximum Gasteiger partial charge on any atom is 0.142 e. The number of methoxy groups -OCH3 is 2. The molecule has 5 heteroatoms. The highest BCUT2D eigenvalue weighted by Gasteiger charge is 2.23. The Hall–Kier alpha value is -2.66. The topological polar surface area (TPSA) is 69.3 Å². The van der Waals surface area contributed by atoms with Crippen LogP contribution in [0.5, 0.6) is 11.5 Å². The summed E-state index contributed by atoms with van der Waals surface area (Å²) in [4.78, 5) is 2.09. The highest BCUT2D eigenvalue weighted by molar-refractivity contribution is 5.64. The van der Waals surface area contributed by atoms with Gasteiger partial charge in [-0.25, -0.2) is 0 Å². The molecule has 1 aliphatic heterocycles. The van der Waals surface area contributed by atoms with Crippen LogP contribution in [0.25, 0.3) is 0 Å². The lowest BCUT2D eigenvalue weighted by atomic mass is 10.1.